The number of β-amino-alcohol motifs (C(OH)–C–C–N with tert-alkyl or cyclic N) is 1. The second kappa shape index (κ2) is 6.59. The van der Waals surface area contributed by atoms with Crippen LogP contribution >= 0.6 is 11.3 Å². The van der Waals surface area contributed by atoms with Crippen LogP contribution in [0, 0.1) is 0 Å². The minimum absolute atomic E-state index is 0.0650. The zero-order valence-corrected chi connectivity index (χ0v) is 14.7. The molecule has 6 nitrogen and oxygen atoms in total. The fourth-order valence-electron chi connectivity index (χ4n) is 3.09. The van der Waals surface area contributed by atoms with Crippen molar-refractivity contribution in [1.29, 1.82) is 0 Å². The van der Waals surface area contributed by atoms with E-state index < -0.39 is 6.10 Å². The standard InChI is InChI=1S/C18H19N3O3S/c1-20-18-14(16(19-20)12-5-3-2-4-6-12)9-15(25-18)17(23)21-7-8-24-11-13(22)10-21/h2-6,9,13,22H,7-8,10-11H2,1H3. The van der Waals surface area contributed by atoms with E-state index in [0.717, 1.165) is 21.5 Å². The molecule has 25 heavy (non-hydrogen) atoms. The summed E-state index contributed by atoms with van der Waals surface area (Å²) in [5.41, 5.74) is 1.91. The van der Waals surface area contributed by atoms with E-state index in [1.54, 1.807) is 4.90 Å². The Labute approximate surface area is 149 Å². The van der Waals surface area contributed by atoms with Crippen molar-refractivity contribution in [2.24, 2.45) is 7.05 Å². The van der Waals surface area contributed by atoms with Crippen LogP contribution in [-0.4, -0.2) is 58.1 Å². The SMILES string of the molecule is Cn1nc(-c2ccccc2)c2cc(C(=O)N3CCOCC(O)C3)sc21. The van der Waals surface area contributed by atoms with Gasteiger partial charge >= 0.3 is 0 Å². The monoisotopic (exact) mass is 357 g/mol. The van der Waals surface area contributed by atoms with E-state index >= 15 is 0 Å². The van der Waals surface area contributed by atoms with E-state index in [4.69, 9.17) is 4.74 Å². The molecule has 1 aliphatic rings. The van der Waals surface area contributed by atoms with Gasteiger partial charge in [-0.05, 0) is 6.07 Å². The first-order valence-electron chi connectivity index (χ1n) is 8.20. The smallest absolute Gasteiger partial charge is 0.264 e. The zero-order chi connectivity index (χ0) is 17.4. The van der Waals surface area contributed by atoms with Crippen LogP contribution < -0.4 is 0 Å². The summed E-state index contributed by atoms with van der Waals surface area (Å²) in [4.78, 5) is 16.2. The highest BCUT2D eigenvalue weighted by Gasteiger charge is 2.25. The lowest BCUT2D eigenvalue weighted by atomic mass is 10.1. The van der Waals surface area contributed by atoms with Crippen LogP contribution in [0.4, 0.5) is 0 Å². The molecule has 0 saturated carbocycles. The second-order valence-corrected chi connectivity index (χ2v) is 7.18. The Morgan fingerprint density at radius 2 is 2.16 bits per heavy atom. The molecule has 0 spiro atoms. The van der Waals surface area contributed by atoms with Crippen LogP contribution in [0.2, 0.25) is 0 Å². The zero-order valence-electron chi connectivity index (χ0n) is 13.9. The number of aliphatic hydroxyl groups is 1. The third-order valence-corrected chi connectivity index (χ3v) is 5.49. The van der Waals surface area contributed by atoms with Gasteiger partial charge in [0, 0.05) is 31.1 Å². The largest absolute Gasteiger partial charge is 0.389 e. The average molecular weight is 357 g/mol. The third-order valence-electron chi connectivity index (χ3n) is 4.30. The molecular formula is C18H19N3O3S. The minimum atomic E-state index is -0.637. The van der Waals surface area contributed by atoms with Crippen molar-refractivity contribution < 1.29 is 14.6 Å². The molecule has 1 N–H and O–H groups in total. The molecule has 1 unspecified atom stereocenters. The van der Waals surface area contributed by atoms with E-state index in [1.165, 1.54) is 11.3 Å². The number of thiophene rings is 1. The summed E-state index contributed by atoms with van der Waals surface area (Å²) in [7, 11) is 1.89. The van der Waals surface area contributed by atoms with Gasteiger partial charge in [0.25, 0.3) is 5.91 Å². The summed E-state index contributed by atoms with van der Waals surface area (Å²) in [6, 6.07) is 11.9. The fraction of sp³-hybridized carbons (Fsp3) is 0.333. The van der Waals surface area contributed by atoms with Gasteiger partial charge in [0.2, 0.25) is 0 Å². The molecule has 0 radical (unpaired) electrons. The summed E-state index contributed by atoms with van der Waals surface area (Å²) < 4.78 is 7.13. The van der Waals surface area contributed by atoms with E-state index in [-0.39, 0.29) is 12.5 Å². The van der Waals surface area contributed by atoms with Crippen LogP contribution in [0.5, 0.6) is 0 Å². The van der Waals surface area contributed by atoms with Gasteiger partial charge in [-0.25, -0.2) is 0 Å². The number of hydrogen-bond donors (Lipinski definition) is 1. The van der Waals surface area contributed by atoms with Crippen molar-refractivity contribution in [3.8, 4) is 11.3 Å². The molecule has 1 fully saturated rings. The molecule has 7 heteroatoms. The van der Waals surface area contributed by atoms with Crippen molar-refractivity contribution in [2.45, 2.75) is 6.10 Å². The first-order valence-corrected chi connectivity index (χ1v) is 9.02. The Kier molecular flexibility index (Phi) is 4.29. The molecule has 3 heterocycles. The topological polar surface area (TPSA) is 67.6 Å². The maximum Gasteiger partial charge on any atom is 0.264 e. The quantitative estimate of drug-likeness (QED) is 0.763. The van der Waals surface area contributed by atoms with Crippen molar-refractivity contribution in [2.75, 3.05) is 26.3 Å². The van der Waals surface area contributed by atoms with E-state index in [1.807, 2.05) is 48.1 Å². The highest BCUT2D eigenvalue weighted by atomic mass is 32.1. The van der Waals surface area contributed by atoms with E-state index in [0.29, 0.717) is 24.6 Å². The molecule has 4 rings (SSSR count). The molecule has 3 aromatic rings. The number of benzene rings is 1. The Bertz CT molecular complexity index is 903. The molecule has 1 amide bonds. The van der Waals surface area contributed by atoms with Crippen molar-refractivity contribution in [1.82, 2.24) is 14.7 Å². The lowest BCUT2D eigenvalue weighted by Gasteiger charge is -2.20. The molecule has 1 aromatic carbocycles. The Balaban J connectivity index is 1.71. The Morgan fingerprint density at radius 3 is 2.96 bits per heavy atom. The number of nitrogens with zero attached hydrogens (tertiary/aromatic N) is 3. The highest BCUT2D eigenvalue weighted by Crippen LogP contribution is 2.34. The maximum atomic E-state index is 12.9. The fourth-order valence-corrected chi connectivity index (χ4v) is 4.13. The Morgan fingerprint density at radius 1 is 1.36 bits per heavy atom. The normalized spacial score (nSPS) is 18.5. The van der Waals surface area contributed by atoms with Gasteiger partial charge in [-0.3, -0.25) is 9.48 Å². The van der Waals surface area contributed by atoms with Crippen LogP contribution in [0.3, 0.4) is 0 Å². The number of aromatic nitrogens is 2. The minimum Gasteiger partial charge on any atom is -0.389 e. The molecular weight excluding hydrogens is 338 g/mol. The summed E-state index contributed by atoms with van der Waals surface area (Å²) in [6.07, 6.45) is -0.637. The third kappa shape index (κ3) is 3.06. The summed E-state index contributed by atoms with van der Waals surface area (Å²) in [5.74, 6) is -0.0650. The highest BCUT2D eigenvalue weighted by molar-refractivity contribution is 7.20. The number of carbonyl (C=O) groups is 1. The van der Waals surface area contributed by atoms with Crippen LogP contribution in [0.15, 0.2) is 36.4 Å². The predicted octanol–water partition coefficient (Wildman–Crippen LogP) is 2.14. The van der Waals surface area contributed by atoms with Gasteiger partial charge in [-0.15, -0.1) is 11.3 Å². The van der Waals surface area contributed by atoms with Crippen LogP contribution in [0.25, 0.3) is 21.5 Å². The number of fused-ring (bicyclic) bond motifs is 1. The first kappa shape index (κ1) is 16.3. The van der Waals surface area contributed by atoms with E-state index in [2.05, 4.69) is 5.10 Å². The summed E-state index contributed by atoms with van der Waals surface area (Å²) in [5, 5.41) is 15.4. The molecule has 0 aliphatic carbocycles. The molecule has 130 valence electrons. The van der Waals surface area contributed by atoms with Gasteiger partial charge in [0.1, 0.15) is 10.5 Å². The first-order chi connectivity index (χ1) is 12.1. The van der Waals surface area contributed by atoms with Gasteiger partial charge in [0.05, 0.1) is 24.2 Å². The number of rotatable bonds is 2. The summed E-state index contributed by atoms with van der Waals surface area (Å²) >= 11 is 1.44. The van der Waals surface area contributed by atoms with Gasteiger partial charge in [0.15, 0.2) is 0 Å². The molecule has 1 aliphatic heterocycles. The molecule has 1 atom stereocenters. The maximum absolute atomic E-state index is 12.9. The number of aryl methyl sites for hydroxylation is 1. The van der Waals surface area contributed by atoms with Gasteiger partial charge in [-0.1, -0.05) is 30.3 Å². The summed E-state index contributed by atoms with van der Waals surface area (Å²) in [6.45, 7) is 1.52. The number of carbonyl (C=O) groups excluding carboxylic acids is 1. The van der Waals surface area contributed by atoms with Gasteiger partial charge in [-0.2, -0.15) is 5.10 Å². The lowest BCUT2D eigenvalue weighted by molar-refractivity contribution is 0.0535. The average Bonchev–Trinajstić information content (AvgIpc) is 3.10. The lowest BCUT2D eigenvalue weighted by Crippen LogP contribution is -2.37. The number of aliphatic hydroxyl groups excluding tert-OH is 1. The second-order valence-electron chi connectivity index (χ2n) is 6.15. The van der Waals surface area contributed by atoms with Crippen molar-refractivity contribution in [3.05, 3.63) is 41.3 Å². The van der Waals surface area contributed by atoms with E-state index in [9.17, 15) is 9.90 Å². The predicted molar refractivity (Wildman–Crippen MR) is 96.8 cm³/mol. The van der Waals surface area contributed by atoms with Crippen LogP contribution in [0.1, 0.15) is 9.67 Å². The number of ether oxygens (including phenoxy) is 1. The van der Waals surface area contributed by atoms with Gasteiger partial charge < -0.3 is 14.7 Å². The Hall–Kier alpha value is -2.22. The van der Waals surface area contributed by atoms with Crippen LogP contribution in [-0.2, 0) is 11.8 Å². The number of amides is 1. The number of hydrogen-bond acceptors (Lipinski definition) is 5. The molecule has 1 saturated heterocycles. The van der Waals surface area contributed by atoms with Crippen molar-refractivity contribution >= 4 is 27.5 Å². The van der Waals surface area contributed by atoms with Crippen molar-refractivity contribution in [3.63, 3.8) is 0 Å². The molecule has 2 aromatic heterocycles. The molecule has 0 bridgehead atoms.